The lowest BCUT2D eigenvalue weighted by molar-refractivity contribution is 0.100. The van der Waals surface area contributed by atoms with Gasteiger partial charge in [-0.25, -0.2) is 0 Å². The number of rotatable bonds is 5. The minimum Gasteiger partial charge on any atom is -0.366 e. The Labute approximate surface area is 202 Å². The van der Waals surface area contributed by atoms with E-state index in [1.54, 1.807) is 12.1 Å². The predicted molar refractivity (Wildman–Crippen MR) is 138 cm³/mol. The highest BCUT2D eigenvalue weighted by Gasteiger charge is 2.18. The Bertz CT molecular complexity index is 1530. The van der Waals surface area contributed by atoms with Crippen molar-refractivity contribution in [3.8, 4) is 11.1 Å². The monoisotopic (exact) mass is 472 g/mol. The van der Waals surface area contributed by atoms with Crippen LogP contribution in [-0.2, 0) is 13.0 Å². The molecule has 2 N–H and O–H groups in total. The number of carbonyl (C=O) groups is 1. The van der Waals surface area contributed by atoms with Gasteiger partial charge in [-0.05, 0) is 53.4 Å². The highest BCUT2D eigenvalue weighted by molar-refractivity contribution is 6.36. The van der Waals surface area contributed by atoms with Gasteiger partial charge >= 0.3 is 0 Å². The summed E-state index contributed by atoms with van der Waals surface area (Å²) in [7, 11) is 0. The highest BCUT2D eigenvalue weighted by atomic mass is 35.5. The van der Waals surface area contributed by atoms with E-state index < -0.39 is 5.91 Å². The average molecular weight is 473 g/mol. The molecule has 0 saturated carbocycles. The molecule has 4 aromatic carbocycles. The second-order valence-electron chi connectivity index (χ2n) is 8.18. The van der Waals surface area contributed by atoms with Crippen LogP contribution in [-0.4, -0.2) is 10.5 Å². The molecule has 1 amide bonds. The molecule has 0 fully saturated rings. The number of amides is 1. The number of nitrogens with zero attached hydrogens (tertiary/aromatic N) is 1. The van der Waals surface area contributed by atoms with E-state index in [0.29, 0.717) is 22.2 Å². The topological polar surface area (TPSA) is 48.0 Å². The van der Waals surface area contributed by atoms with Crippen molar-refractivity contribution in [1.82, 2.24) is 4.57 Å². The Kier molecular flexibility index (Phi) is 5.61. The lowest BCUT2D eigenvalue weighted by Crippen LogP contribution is -2.11. The van der Waals surface area contributed by atoms with E-state index in [0.717, 1.165) is 39.4 Å². The standard InChI is InChI=1S/C28H22Cl2N2O/c1-2-17-5-3-6-18(13-17)16-32-25-8-4-7-23(28(31)33)27(25)22-11-9-19(14-26(22)32)21-12-10-20(29)15-24(21)30/h3-15H,2,16H2,1H3,(H2,31,33). The molecule has 5 heteroatoms. The van der Waals surface area contributed by atoms with Gasteiger partial charge in [0, 0.05) is 38.5 Å². The van der Waals surface area contributed by atoms with Crippen LogP contribution in [0.25, 0.3) is 32.9 Å². The molecule has 0 saturated heterocycles. The van der Waals surface area contributed by atoms with Crippen LogP contribution < -0.4 is 5.73 Å². The van der Waals surface area contributed by atoms with E-state index in [4.69, 9.17) is 28.9 Å². The van der Waals surface area contributed by atoms with E-state index in [-0.39, 0.29) is 0 Å². The number of aryl methyl sites for hydroxylation is 1. The fourth-order valence-electron chi connectivity index (χ4n) is 4.54. The van der Waals surface area contributed by atoms with Gasteiger partial charge in [0.2, 0.25) is 5.91 Å². The first-order valence-electron chi connectivity index (χ1n) is 10.8. The summed E-state index contributed by atoms with van der Waals surface area (Å²) >= 11 is 12.6. The van der Waals surface area contributed by atoms with Crippen molar-refractivity contribution in [2.75, 3.05) is 0 Å². The Morgan fingerprint density at radius 3 is 2.42 bits per heavy atom. The molecule has 0 aliphatic rings. The summed E-state index contributed by atoms with van der Waals surface area (Å²) in [6, 6.07) is 26.0. The van der Waals surface area contributed by atoms with Crippen molar-refractivity contribution < 1.29 is 4.79 Å². The summed E-state index contributed by atoms with van der Waals surface area (Å²) in [4.78, 5) is 12.3. The normalized spacial score (nSPS) is 11.4. The number of benzene rings is 4. The zero-order valence-electron chi connectivity index (χ0n) is 18.1. The summed E-state index contributed by atoms with van der Waals surface area (Å²) in [5.41, 5.74) is 12.6. The van der Waals surface area contributed by atoms with Gasteiger partial charge < -0.3 is 10.3 Å². The Morgan fingerprint density at radius 1 is 0.879 bits per heavy atom. The van der Waals surface area contributed by atoms with Gasteiger partial charge in [0.15, 0.2) is 0 Å². The van der Waals surface area contributed by atoms with Gasteiger partial charge in [0.1, 0.15) is 0 Å². The summed E-state index contributed by atoms with van der Waals surface area (Å²) < 4.78 is 2.25. The van der Waals surface area contributed by atoms with Crippen molar-refractivity contribution in [3.05, 3.63) is 106 Å². The van der Waals surface area contributed by atoms with Gasteiger partial charge in [0.25, 0.3) is 0 Å². The lowest BCUT2D eigenvalue weighted by atomic mass is 10.0. The average Bonchev–Trinajstić information content (AvgIpc) is 3.12. The first-order chi connectivity index (χ1) is 16.0. The molecule has 0 unspecified atom stereocenters. The van der Waals surface area contributed by atoms with Crippen LogP contribution in [0.2, 0.25) is 10.0 Å². The minimum absolute atomic E-state index is 0.433. The first-order valence-corrected chi connectivity index (χ1v) is 11.6. The number of carbonyl (C=O) groups excluding carboxylic acids is 1. The second-order valence-corrected chi connectivity index (χ2v) is 9.02. The smallest absolute Gasteiger partial charge is 0.249 e. The van der Waals surface area contributed by atoms with Crippen molar-refractivity contribution in [3.63, 3.8) is 0 Å². The number of aromatic nitrogens is 1. The third kappa shape index (κ3) is 3.88. The van der Waals surface area contributed by atoms with Crippen LogP contribution >= 0.6 is 23.2 Å². The molecule has 1 aromatic heterocycles. The third-order valence-electron chi connectivity index (χ3n) is 6.14. The molecule has 1 heterocycles. The molecule has 0 bridgehead atoms. The van der Waals surface area contributed by atoms with Crippen molar-refractivity contribution in [1.29, 1.82) is 0 Å². The van der Waals surface area contributed by atoms with Gasteiger partial charge in [-0.15, -0.1) is 0 Å². The molecule has 164 valence electrons. The maximum Gasteiger partial charge on any atom is 0.249 e. The van der Waals surface area contributed by atoms with E-state index in [2.05, 4.69) is 41.8 Å². The van der Waals surface area contributed by atoms with E-state index in [1.807, 2.05) is 36.4 Å². The molecule has 0 atom stereocenters. The van der Waals surface area contributed by atoms with Crippen LogP contribution in [0.5, 0.6) is 0 Å². The molecular formula is C28H22Cl2N2O. The number of hydrogen-bond donors (Lipinski definition) is 1. The molecule has 3 nitrogen and oxygen atoms in total. The largest absolute Gasteiger partial charge is 0.366 e. The zero-order valence-corrected chi connectivity index (χ0v) is 19.6. The van der Waals surface area contributed by atoms with Gasteiger partial charge in [-0.3, -0.25) is 4.79 Å². The summed E-state index contributed by atoms with van der Waals surface area (Å²) in [5.74, 6) is -0.433. The zero-order chi connectivity index (χ0) is 23.1. The maximum absolute atomic E-state index is 12.3. The van der Waals surface area contributed by atoms with Crippen molar-refractivity contribution >= 4 is 50.9 Å². The van der Waals surface area contributed by atoms with Crippen LogP contribution in [0, 0.1) is 0 Å². The Balaban J connectivity index is 1.79. The van der Waals surface area contributed by atoms with Crippen molar-refractivity contribution in [2.45, 2.75) is 19.9 Å². The molecule has 33 heavy (non-hydrogen) atoms. The fraction of sp³-hybridized carbons (Fsp3) is 0.107. The second kappa shape index (κ2) is 8.58. The first kappa shape index (κ1) is 21.6. The summed E-state index contributed by atoms with van der Waals surface area (Å²) in [5, 5.41) is 3.05. The number of primary amides is 1. The van der Waals surface area contributed by atoms with Crippen LogP contribution in [0.1, 0.15) is 28.4 Å². The van der Waals surface area contributed by atoms with E-state index in [1.165, 1.54) is 11.1 Å². The minimum atomic E-state index is -0.433. The van der Waals surface area contributed by atoms with Gasteiger partial charge in [0.05, 0.1) is 11.0 Å². The number of fused-ring (bicyclic) bond motifs is 3. The molecule has 0 aliphatic carbocycles. The molecule has 0 radical (unpaired) electrons. The van der Waals surface area contributed by atoms with Gasteiger partial charge in [-0.2, -0.15) is 0 Å². The fourth-order valence-corrected chi connectivity index (χ4v) is 5.06. The predicted octanol–water partition coefficient (Wildman–Crippen LogP) is 7.48. The highest BCUT2D eigenvalue weighted by Crippen LogP contribution is 2.37. The molecule has 0 spiro atoms. The number of halogens is 2. The molecule has 0 aliphatic heterocycles. The van der Waals surface area contributed by atoms with Crippen LogP contribution in [0.15, 0.2) is 78.9 Å². The number of hydrogen-bond acceptors (Lipinski definition) is 1. The molecule has 5 rings (SSSR count). The Morgan fingerprint density at radius 2 is 1.67 bits per heavy atom. The van der Waals surface area contributed by atoms with Crippen LogP contribution in [0.4, 0.5) is 0 Å². The SMILES string of the molecule is CCc1cccc(Cn2c3cc(-c4ccc(Cl)cc4Cl)ccc3c3c(C(N)=O)cccc32)c1. The molecule has 5 aromatic rings. The quantitative estimate of drug-likeness (QED) is 0.283. The molecular weight excluding hydrogens is 451 g/mol. The maximum atomic E-state index is 12.3. The Hall–Kier alpha value is -3.27. The summed E-state index contributed by atoms with van der Waals surface area (Å²) in [6.45, 7) is 2.83. The number of nitrogens with two attached hydrogens (primary N) is 1. The van der Waals surface area contributed by atoms with Crippen molar-refractivity contribution in [2.24, 2.45) is 5.73 Å². The van der Waals surface area contributed by atoms with E-state index >= 15 is 0 Å². The lowest BCUT2D eigenvalue weighted by Gasteiger charge is -2.11. The summed E-state index contributed by atoms with van der Waals surface area (Å²) in [6.07, 6.45) is 0.978. The van der Waals surface area contributed by atoms with E-state index in [9.17, 15) is 4.79 Å². The van der Waals surface area contributed by atoms with Gasteiger partial charge in [-0.1, -0.05) is 78.7 Å². The van der Waals surface area contributed by atoms with Crippen LogP contribution in [0.3, 0.4) is 0 Å². The third-order valence-corrected chi connectivity index (χ3v) is 6.69.